The van der Waals surface area contributed by atoms with Gasteiger partial charge in [0.05, 0.1) is 5.69 Å². The Labute approximate surface area is 126 Å². The summed E-state index contributed by atoms with van der Waals surface area (Å²) in [5.74, 6) is 1.59. The van der Waals surface area contributed by atoms with Crippen LogP contribution in [-0.4, -0.2) is 9.97 Å². The maximum atomic E-state index is 6.24. The summed E-state index contributed by atoms with van der Waals surface area (Å²) < 4.78 is 0. The summed E-state index contributed by atoms with van der Waals surface area (Å²) in [5.41, 5.74) is 4.30. The molecular formula is C17H21ClN2. The molecule has 2 rings (SSSR count). The first-order chi connectivity index (χ1) is 9.40. The zero-order chi connectivity index (χ0) is 14.9. The maximum absolute atomic E-state index is 6.24. The van der Waals surface area contributed by atoms with Gasteiger partial charge in [-0.3, -0.25) is 0 Å². The van der Waals surface area contributed by atoms with Crippen LogP contribution in [0.3, 0.4) is 0 Å². The molecule has 0 aliphatic carbocycles. The zero-order valence-corrected chi connectivity index (χ0v) is 13.5. The van der Waals surface area contributed by atoms with Gasteiger partial charge < -0.3 is 0 Å². The number of hydrogen-bond acceptors (Lipinski definition) is 2. The smallest absolute Gasteiger partial charge is 0.136 e. The number of hydrogen-bond donors (Lipinski definition) is 0. The van der Waals surface area contributed by atoms with Crippen molar-refractivity contribution >= 4 is 11.6 Å². The Bertz CT molecular complexity index is 601. The molecule has 1 aromatic heterocycles. The second-order valence-electron chi connectivity index (χ2n) is 5.78. The number of halogens is 1. The average molecular weight is 289 g/mol. The minimum atomic E-state index is 0.266. The lowest BCUT2D eigenvalue weighted by molar-refractivity contribution is 0.773. The molecule has 106 valence electrons. The molecule has 0 radical (unpaired) electrons. The van der Waals surface area contributed by atoms with Gasteiger partial charge in [-0.25, -0.2) is 9.97 Å². The highest BCUT2D eigenvalue weighted by Crippen LogP contribution is 2.28. The van der Waals surface area contributed by atoms with Gasteiger partial charge in [0.1, 0.15) is 11.0 Å². The van der Waals surface area contributed by atoms with Gasteiger partial charge in [0, 0.05) is 17.0 Å². The number of nitrogens with zero attached hydrogens (tertiary/aromatic N) is 2. The van der Waals surface area contributed by atoms with E-state index in [1.54, 1.807) is 0 Å². The summed E-state index contributed by atoms with van der Waals surface area (Å²) in [7, 11) is 0. The van der Waals surface area contributed by atoms with Crippen LogP contribution in [-0.2, 0) is 0 Å². The molecule has 0 saturated carbocycles. The first-order valence-electron chi connectivity index (χ1n) is 7.04. The molecule has 0 amide bonds. The predicted molar refractivity (Wildman–Crippen MR) is 85.4 cm³/mol. The van der Waals surface area contributed by atoms with Gasteiger partial charge in [0.15, 0.2) is 0 Å². The summed E-state index contributed by atoms with van der Waals surface area (Å²) >= 11 is 6.24. The fourth-order valence-electron chi connectivity index (χ4n) is 2.07. The topological polar surface area (TPSA) is 25.8 Å². The number of benzene rings is 1. The molecule has 0 bridgehead atoms. The van der Waals surface area contributed by atoms with Crippen molar-refractivity contribution in [3.05, 3.63) is 46.4 Å². The molecule has 2 nitrogen and oxygen atoms in total. The summed E-state index contributed by atoms with van der Waals surface area (Å²) in [4.78, 5) is 9.04. The van der Waals surface area contributed by atoms with Crippen molar-refractivity contribution < 1.29 is 0 Å². The van der Waals surface area contributed by atoms with Crippen molar-refractivity contribution in [1.82, 2.24) is 9.97 Å². The fraction of sp³-hybridized carbons (Fsp3) is 0.412. The summed E-state index contributed by atoms with van der Waals surface area (Å²) in [6, 6.07) is 8.55. The average Bonchev–Trinajstić information content (AvgIpc) is 2.41. The van der Waals surface area contributed by atoms with Crippen LogP contribution in [0.2, 0.25) is 5.15 Å². The monoisotopic (exact) mass is 288 g/mol. The highest BCUT2D eigenvalue weighted by Gasteiger charge is 2.13. The third kappa shape index (κ3) is 3.01. The summed E-state index contributed by atoms with van der Waals surface area (Å²) in [6.07, 6.45) is 0. The van der Waals surface area contributed by atoms with Crippen molar-refractivity contribution in [2.45, 2.75) is 46.5 Å². The Morgan fingerprint density at radius 3 is 2.00 bits per heavy atom. The van der Waals surface area contributed by atoms with Crippen LogP contribution in [0.25, 0.3) is 11.3 Å². The lowest BCUT2D eigenvalue weighted by Crippen LogP contribution is -2.02. The van der Waals surface area contributed by atoms with E-state index in [1.165, 1.54) is 5.56 Å². The lowest BCUT2D eigenvalue weighted by atomic mass is 9.99. The van der Waals surface area contributed by atoms with E-state index in [1.807, 2.05) is 6.92 Å². The van der Waals surface area contributed by atoms with E-state index >= 15 is 0 Å². The molecule has 1 heterocycles. The van der Waals surface area contributed by atoms with E-state index < -0.39 is 0 Å². The molecule has 0 spiro atoms. The van der Waals surface area contributed by atoms with Crippen LogP contribution in [0.4, 0.5) is 0 Å². The molecule has 2 aromatic rings. The molecule has 20 heavy (non-hydrogen) atoms. The SMILES string of the molecule is Cc1c(Cl)nc(C(C)C)nc1-c1ccc(C(C)C)cc1. The van der Waals surface area contributed by atoms with Crippen LogP contribution in [0.15, 0.2) is 24.3 Å². The van der Waals surface area contributed by atoms with Gasteiger partial charge >= 0.3 is 0 Å². The number of rotatable bonds is 3. The van der Waals surface area contributed by atoms with E-state index in [9.17, 15) is 0 Å². The molecule has 0 unspecified atom stereocenters. The van der Waals surface area contributed by atoms with Crippen molar-refractivity contribution in [2.75, 3.05) is 0 Å². The van der Waals surface area contributed by atoms with E-state index in [4.69, 9.17) is 11.6 Å². The first-order valence-corrected chi connectivity index (χ1v) is 7.42. The van der Waals surface area contributed by atoms with Crippen molar-refractivity contribution in [1.29, 1.82) is 0 Å². The van der Waals surface area contributed by atoms with Gasteiger partial charge in [-0.05, 0) is 18.4 Å². The minimum absolute atomic E-state index is 0.266. The highest BCUT2D eigenvalue weighted by molar-refractivity contribution is 6.30. The maximum Gasteiger partial charge on any atom is 0.136 e. The van der Waals surface area contributed by atoms with E-state index in [0.29, 0.717) is 11.1 Å². The van der Waals surface area contributed by atoms with E-state index in [-0.39, 0.29) is 5.92 Å². The van der Waals surface area contributed by atoms with Crippen LogP contribution < -0.4 is 0 Å². The van der Waals surface area contributed by atoms with Crippen molar-refractivity contribution in [3.8, 4) is 11.3 Å². The predicted octanol–water partition coefficient (Wildman–Crippen LogP) is 5.35. The van der Waals surface area contributed by atoms with Gasteiger partial charge in [-0.15, -0.1) is 0 Å². The van der Waals surface area contributed by atoms with Crippen molar-refractivity contribution in [2.24, 2.45) is 0 Å². The molecule has 0 saturated heterocycles. The molecule has 3 heteroatoms. The summed E-state index contributed by atoms with van der Waals surface area (Å²) in [5, 5.41) is 0.548. The van der Waals surface area contributed by atoms with Crippen molar-refractivity contribution in [3.63, 3.8) is 0 Å². The molecule has 0 aliphatic rings. The molecule has 0 atom stereocenters. The molecule has 0 aliphatic heterocycles. The fourth-order valence-corrected chi connectivity index (χ4v) is 2.25. The van der Waals surface area contributed by atoms with Gasteiger partial charge in [-0.1, -0.05) is 63.6 Å². The minimum Gasteiger partial charge on any atom is -0.232 e. The summed E-state index contributed by atoms with van der Waals surface area (Å²) in [6.45, 7) is 10.5. The second kappa shape index (κ2) is 5.92. The molecule has 1 aromatic carbocycles. The molecule has 0 N–H and O–H groups in total. The second-order valence-corrected chi connectivity index (χ2v) is 6.14. The van der Waals surface area contributed by atoms with Crippen LogP contribution in [0, 0.1) is 6.92 Å². The Morgan fingerprint density at radius 2 is 1.50 bits per heavy atom. The van der Waals surface area contributed by atoms with Crippen LogP contribution >= 0.6 is 11.6 Å². The standard InChI is InChI=1S/C17H21ClN2/c1-10(2)13-6-8-14(9-7-13)15-12(5)16(18)20-17(19-15)11(3)4/h6-11H,1-5H3. The molecule has 0 fully saturated rings. The first kappa shape index (κ1) is 15.0. The third-order valence-corrected chi connectivity index (χ3v) is 3.84. The highest BCUT2D eigenvalue weighted by atomic mass is 35.5. The largest absolute Gasteiger partial charge is 0.232 e. The van der Waals surface area contributed by atoms with E-state index in [0.717, 1.165) is 22.6 Å². The van der Waals surface area contributed by atoms with Crippen LogP contribution in [0.1, 0.15) is 56.5 Å². The van der Waals surface area contributed by atoms with Crippen LogP contribution in [0.5, 0.6) is 0 Å². The normalized spacial score (nSPS) is 11.4. The Balaban J connectivity index is 2.51. The quantitative estimate of drug-likeness (QED) is 0.711. The Kier molecular flexibility index (Phi) is 4.44. The van der Waals surface area contributed by atoms with Gasteiger partial charge in [0.25, 0.3) is 0 Å². The third-order valence-electron chi connectivity index (χ3n) is 3.47. The zero-order valence-electron chi connectivity index (χ0n) is 12.7. The lowest BCUT2D eigenvalue weighted by Gasteiger charge is -2.12. The van der Waals surface area contributed by atoms with Gasteiger partial charge in [-0.2, -0.15) is 0 Å². The Morgan fingerprint density at radius 1 is 0.900 bits per heavy atom. The Hall–Kier alpha value is -1.41. The number of aromatic nitrogens is 2. The van der Waals surface area contributed by atoms with E-state index in [2.05, 4.69) is 61.9 Å². The molecular weight excluding hydrogens is 268 g/mol. The van der Waals surface area contributed by atoms with Gasteiger partial charge in [0.2, 0.25) is 0 Å².